The van der Waals surface area contributed by atoms with E-state index in [1.807, 2.05) is 0 Å². The molecule has 30 nitrogen and oxygen atoms in total. The summed E-state index contributed by atoms with van der Waals surface area (Å²) in [5, 5.41) is 81.2. The predicted octanol–water partition coefficient (Wildman–Crippen LogP) is -2.32. The lowest BCUT2D eigenvalue weighted by Crippen LogP contribution is -2.67. The molecule has 0 aromatic heterocycles. The van der Waals surface area contributed by atoms with Crippen molar-refractivity contribution in [2.75, 3.05) is 136 Å². The number of ether oxygens (including phenoxy) is 22. The molecular weight excluding hydrogens is 1150 g/mol. The first-order valence-corrected chi connectivity index (χ1v) is 29.3. The van der Waals surface area contributed by atoms with Crippen LogP contribution in [-0.4, -0.2) is 349 Å². The third kappa shape index (κ3) is 25.7. The molecule has 0 aromatic rings. The normalized spacial score (nSPS) is 36.3. The molecule has 30 heteroatoms. The van der Waals surface area contributed by atoms with E-state index in [9.17, 15) is 40.9 Å². The summed E-state index contributed by atoms with van der Waals surface area (Å²) in [5.74, 6) is 0. The van der Waals surface area contributed by atoms with Crippen molar-refractivity contribution < 1.29 is 145 Å². The lowest BCUT2D eigenvalue weighted by Gasteiger charge is -2.50. The number of aliphatic hydroxyl groups excluding tert-OH is 8. The highest BCUT2D eigenvalue weighted by atomic mass is 16.8. The zero-order valence-electron chi connectivity index (χ0n) is 53.2. The molecule has 0 radical (unpaired) electrons. The fourth-order valence-electron chi connectivity index (χ4n) is 10.0. The van der Waals surface area contributed by atoms with Gasteiger partial charge in [-0.15, -0.1) is 0 Å². The first-order chi connectivity index (χ1) is 40.9. The van der Waals surface area contributed by atoms with Crippen molar-refractivity contribution in [3.63, 3.8) is 0 Å². The molecule has 0 spiro atoms. The average molecular weight is 1260 g/mol. The molecule has 4 heterocycles. The lowest BCUT2D eigenvalue weighted by atomic mass is 9.95. The van der Waals surface area contributed by atoms with Crippen LogP contribution in [0.4, 0.5) is 0 Å². The summed E-state index contributed by atoms with van der Waals surface area (Å²) in [4.78, 5) is 0. The largest absolute Gasteiger partial charge is 0.391 e. The molecule has 0 amide bonds. The van der Waals surface area contributed by atoms with Gasteiger partial charge in [0.25, 0.3) is 0 Å². The third-order valence-corrected chi connectivity index (χ3v) is 13.6. The van der Waals surface area contributed by atoms with Crippen molar-refractivity contribution in [2.45, 2.75) is 227 Å². The summed E-state index contributed by atoms with van der Waals surface area (Å²) in [6.07, 6.45) is -24.0. The van der Waals surface area contributed by atoms with E-state index in [0.717, 1.165) is 0 Å². The molecular formula is C56H108O30. The van der Waals surface area contributed by atoms with Crippen molar-refractivity contribution in [3.05, 3.63) is 0 Å². The summed E-state index contributed by atoms with van der Waals surface area (Å²) in [6.45, 7) is 11.2. The number of hydrogen-bond donors (Lipinski definition) is 8. The molecule has 0 saturated carbocycles. The highest BCUT2D eigenvalue weighted by molar-refractivity contribution is 4.99. The number of methoxy groups -OCH3 is 8. The van der Waals surface area contributed by atoms with E-state index in [1.54, 1.807) is 70.7 Å². The predicted molar refractivity (Wildman–Crippen MR) is 299 cm³/mol. The molecule has 8 N–H and O–H groups in total. The summed E-state index contributed by atoms with van der Waals surface area (Å²) in [6, 6.07) is 0. The Hall–Kier alpha value is -1.20. The van der Waals surface area contributed by atoms with Gasteiger partial charge in [0.1, 0.15) is 97.7 Å². The third-order valence-electron chi connectivity index (χ3n) is 13.6. The maximum atomic E-state index is 10.3. The van der Waals surface area contributed by atoms with Crippen LogP contribution in [0.1, 0.15) is 55.4 Å². The van der Waals surface area contributed by atoms with Crippen LogP contribution in [0, 0.1) is 0 Å². The topological polar surface area (TPSA) is 365 Å². The van der Waals surface area contributed by atoms with Crippen LogP contribution < -0.4 is 0 Å². The van der Waals surface area contributed by atoms with Gasteiger partial charge in [0.15, 0.2) is 25.2 Å². The van der Waals surface area contributed by atoms with Crippen molar-refractivity contribution in [2.24, 2.45) is 0 Å². The van der Waals surface area contributed by atoms with Crippen molar-refractivity contribution in [3.8, 4) is 0 Å². The van der Waals surface area contributed by atoms with Gasteiger partial charge in [-0.2, -0.15) is 0 Å². The van der Waals surface area contributed by atoms with Crippen LogP contribution in [0.5, 0.6) is 0 Å². The Kier molecular flexibility index (Phi) is 38.7. The molecule has 4 fully saturated rings. The Morgan fingerprint density at radius 2 is 0.535 bits per heavy atom. The molecule has 4 aliphatic rings. The minimum atomic E-state index is -1.39. The summed E-state index contributed by atoms with van der Waals surface area (Å²) >= 11 is 0. The fourth-order valence-corrected chi connectivity index (χ4v) is 10.0. The molecule has 86 heavy (non-hydrogen) atoms. The van der Waals surface area contributed by atoms with Gasteiger partial charge >= 0.3 is 0 Å². The quantitative estimate of drug-likeness (QED) is 0.0319. The Bertz CT molecular complexity index is 1690. The van der Waals surface area contributed by atoms with Crippen LogP contribution in [0.15, 0.2) is 0 Å². The summed E-state index contributed by atoms with van der Waals surface area (Å²) in [7, 11) is 12.6. The van der Waals surface area contributed by atoms with E-state index in [1.165, 1.54) is 41.5 Å². The highest BCUT2D eigenvalue weighted by Gasteiger charge is 2.56. The molecule has 8 unspecified atom stereocenters. The van der Waals surface area contributed by atoms with E-state index in [4.69, 9.17) is 104 Å². The second-order valence-corrected chi connectivity index (χ2v) is 22.2. The molecule has 512 valence electrons. The SMILES string of the molecule is CC(O)COC[C@H]1O[C@@H](O[C@H]2[C@H](OCC(C)O)[C@@H](OCC(C)O)[C@H](OCC(C)O)O[C@@H]2COCC(C)O)[C@H](OCC(C)O)[C@@H](OCC(C)O)[C@@H]1OCC(C)O.COC[C@H]1O[C@@H](O[C@H]2[C@H](OC)[C@@H](OC)[C@H](OC)O[C@@H]2COC)[C@H](OC)[C@@H](OC)[C@@H]1OC. The smallest absolute Gasteiger partial charge is 0.187 e. The first-order valence-electron chi connectivity index (χ1n) is 29.3. The fraction of sp³-hybridized carbons (Fsp3) is 1.00. The number of rotatable bonds is 40. The van der Waals surface area contributed by atoms with Crippen molar-refractivity contribution in [1.29, 1.82) is 0 Å². The van der Waals surface area contributed by atoms with Gasteiger partial charge in [0.05, 0.1) is 128 Å². The Morgan fingerprint density at radius 1 is 0.256 bits per heavy atom. The van der Waals surface area contributed by atoms with Crippen molar-refractivity contribution >= 4 is 0 Å². The minimum absolute atomic E-state index is 0.0553. The Balaban J connectivity index is 0.000000525. The van der Waals surface area contributed by atoms with E-state index in [-0.39, 0.29) is 79.3 Å². The standard InChI is InChI=1S/C36H70O19.C20H38O11/c1-19(37)9-45-17-27-29(47-11-21(3)39)31(48-12-22(4)40)34(51-15-25(7)43)36(54-27)55-30-28(18-46-10-20(2)38)53-35(52-16-26(8)44)33(50-14-24(6)42)32(30)49-13-23(5)41;1-21-9-11-13(23-3)15(24-4)18(27-7)20(30-11)31-14-12(10-22-2)29-19(28-8)17(26-6)16(14)25-5/h19-44H,9-18H2,1-8H3;11-20H,9-10H2,1-8H3/t19?,20?,21?,22?,23?,24?,25?,26?,27-,28-,29-,30-,31+,32+,33-,34-,35-,36+;11-,12-,13-,14-,15+,16+,17-,18-,19-,20+/m11/s1. The van der Waals surface area contributed by atoms with Crippen LogP contribution >= 0.6 is 0 Å². The van der Waals surface area contributed by atoms with Gasteiger partial charge in [-0.1, -0.05) is 0 Å². The Labute approximate surface area is 507 Å². The first kappa shape index (κ1) is 79.0. The summed E-state index contributed by atoms with van der Waals surface area (Å²) < 4.78 is 131. The van der Waals surface area contributed by atoms with E-state index in [0.29, 0.717) is 0 Å². The van der Waals surface area contributed by atoms with Gasteiger partial charge in [-0.3, -0.25) is 0 Å². The highest BCUT2D eigenvalue weighted by Crippen LogP contribution is 2.37. The maximum absolute atomic E-state index is 10.3. The van der Waals surface area contributed by atoms with Crippen LogP contribution in [0.3, 0.4) is 0 Å². The van der Waals surface area contributed by atoms with Gasteiger partial charge in [-0.05, 0) is 55.4 Å². The monoisotopic (exact) mass is 1260 g/mol. The second-order valence-electron chi connectivity index (χ2n) is 22.2. The van der Waals surface area contributed by atoms with Gasteiger partial charge in [-0.25, -0.2) is 0 Å². The molecule has 0 aliphatic carbocycles. The van der Waals surface area contributed by atoms with Gasteiger partial charge in [0, 0.05) is 56.9 Å². The zero-order valence-corrected chi connectivity index (χ0v) is 53.2. The number of aliphatic hydroxyl groups is 8. The van der Waals surface area contributed by atoms with Crippen LogP contribution in [0.25, 0.3) is 0 Å². The average Bonchev–Trinajstić information content (AvgIpc) is 0.956. The number of hydrogen-bond acceptors (Lipinski definition) is 30. The minimum Gasteiger partial charge on any atom is -0.391 e. The van der Waals surface area contributed by atoms with E-state index >= 15 is 0 Å². The van der Waals surface area contributed by atoms with Crippen LogP contribution in [0.2, 0.25) is 0 Å². The van der Waals surface area contributed by atoms with E-state index < -0.39 is 172 Å². The molecule has 0 aromatic carbocycles. The molecule has 4 saturated heterocycles. The Morgan fingerprint density at radius 3 is 0.930 bits per heavy atom. The van der Waals surface area contributed by atoms with Gasteiger partial charge < -0.3 is 145 Å². The van der Waals surface area contributed by atoms with Gasteiger partial charge in [0.2, 0.25) is 0 Å². The lowest BCUT2D eigenvalue weighted by molar-refractivity contribution is -0.377. The zero-order chi connectivity index (χ0) is 64.2. The molecule has 4 aliphatic heterocycles. The van der Waals surface area contributed by atoms with Crippen molar-refractivity contribution in [1.82, 2.24) is 0 Å². The molecule has 28 atom stereocenters. The summed E-state index contributed by atoms with van der Waals surface area (Å²) in [5.41, 5.74) is 0. The molecule has 0 bridgehead atoms. The van der Waals surface area contributed by atoms with E-state index in [2.05, 4.69) is 0 Å². The van der Waals surface area contributed by atoms with Crippen LogP contribution in [-0.2, 0) is 104 Å². The molecule has 4 rings (SSSR count). The maximum Gasteiger partial charge on any atom is 0.187 e. The second kappa shape index (κ2) is 42.1.